The molecule has 1 heterocycles. The fraction of sp³-hybridized carbons (Fsp3) is 0.923. The van der Waals surface area contributed by atoms with Gasteiger partial charge in [-0.1, -0.05) is 19.3 Å². The molecule has 2 bridgehead atoms. The molecule has 5 aliphatic carbocycles. The summed E-state index contributed by atoms with van der Waals surface area (Å²) in [4.78, 5) is 25.8. The van der Waals surface area contributed by atoms with Gasteiger partial charge < -0.3 is 25.2 Å². The molecule has 0 aromatic carbocycles. The number of carbonyl (C=O) groups excluding carboxylic acids is 2. The van der Waals surface area contributed by atoms with Crippen LogP contribution in [0.4, 0.5) is 0 Å². The number of aliphatic hydroxyl groups excluding tert-OH is 1. The van der Waals surface area contributed by atoms with Crippen LogP contribution in [0.5, 0.6) is 0 Å². The number of rotatable bonds is 7. The summed E-state index contributed by atoms with van der Waals surface area (Å²) in [6.07, 6.45) is 10.1. The van der Waals surface area contributed by atoms with Crippen LogP contribution in [0.1, 0.15) is 83.5 Å². The van der Waals surface area contributed by atoms with Crippen molar-refractivity contribution in [2.75, 3.05) is 13.2 Å². The van der Waals surface area contributed by atoms with Crippen LogP contribution in [0.3, 0.4) is 0 Å². The van der Waals surface area contributed by atoms with E-state index in [0.29, 0.717) is 38.1 Å². The van der Waals surface area contributed by atoms with Crippen molar-refractivity contribution in [3.8, 4) is 0 Å². The molecule has 0 aromatic heterocycles. The van der Waals surface area contributed by atoms with Gasteiger partial charge in [0, 0.05) is 12.1 Å². The number of hydrogen-bond donors (Lipinski definition) is 4. The van der Waals surface area contributed by atoms with Crippen LogP contribution in [0, 0.1) is 5.92 Å². The third kappa shape index (κ3) is 5.84. The fourth-order valence-electron chi connectivity index (χ4n) is 7.07. The Morgan fingerprint density at radius 2 is 1.75 bits per heavy atom. The average molecular weight is 547 g/mol. The molecule has 6 atom stereocenters. The molecule has 10 heteroatoms. The number of alkyl halides is 2. The van der Waals surface area contributed by atoms with Crippen molar-refractivity contribution in [1.29, 1.82) is 0 Å². The molecule has 5 unspecified atom stereocenters. The molecule has 0 spiro atoms. The van der Waals surface area contributed by atoms with E-state index in [2.05, 4.69) is 16.0 Å². The van der Waals surface area contributed by atoms with Crippen molar-refractivity contribution in [2.24, 2.45) is 5.92 Å². The summed E-state index contributed by atoms with van der Waals surface area (Å²) in [5, 5.41) is 20.6. The van der Waals surface area contributed by atoms with Crippen molar-refractivity contribution in [2.45, 2.75) is 130 Å². The van der Waals surface area contributed by atoms with Gasteiger partial charge in [0.05, 0.1) is 28.5 Å². The van der Waals surface area contributed by atoms with E-state index in [9.17, 15) is 14.7 Å². The van der Waals surface area contributed by atoms with E-state index in [0.717, 1.165) is 38.5 Å². The molecule has 1 aliphatic heterocycles. The lowest BCUT2D eigenvalue weighted by Crippen LogP contribution is -2.70. The Morgan fingerprint density at radius 3 is 2.44 bits per heavy atom. The van der Waals surface area contributed by atoms with Crippen LogP contribution >= 0.6 is 23.2 Å². The first-order chi connectivity index (χ1) is 17.3. The second kappa shape index (κ2) is 11.2. The van der Waals surface area contributed by atoms with Gasteiger partial charge in [-0.15, -0.1) is 23.2 Å². The quantitative estimate of drug-likeness (QED) is 0.366. The third-order valence-corrected chi connectivity index (χ3v) is 10.5. The standard InChI is InChI=1S/C26H41Cl2N3O5/c27-18-7-6-17(12-19(18)28)35-15-22(33)30-26-10-8-25(9-11-26,13-21(26)32)31-23(34)20-14-29-24(36-20)16-4-2-1-3-5-16/h16-21,24,29,32H,1-15H2,(H,30,33)(H,31,34)/t17?,18?,19?,20?,21-,24?,25?,26?/m0/s1. The summed E-state index contributed by atoms with van der Waals surface area (Å²) < 4.78 is 11.9. The predicted molar refractivity (Wildman–Crippen MR) is 137 cm³/mol. The zero-order valence-corrected chi connectivity index (χ0v) is 22.5. The van der Waals surface area contributed by atoms with Gasteiger partial charge in [0.2, 0.25) is 5.91 Å². The Hall–Kier alpha value is -0.640. The minimum Gasteiger partial charge on any atom is -0.391 e. The van der Waals surface area contributed by atoms with Gasteiger partial charge in [0.1, 0.15) is 12.8 Å². The Kier molecular flexibility index (Phi) is 8.40. The van der Waals surface area contributed by atoms with Crippen molar-refractivity contribution >= 4 is 35.0 Å². The number of nitrogens with one attached hydrogen (secondary N) is 3. The molecule has 6 rings (SSSR count). The molecule has 2 amide bonds. The smallest absolute Gasteiger partial charge is 0.250 e. The van der Waals surface area contributed by atoms with Gasteiger partial charge in [-0.25, -0.2) is 0 Å². The minimum absolute atomic E-state index is 0.0350. The first-order valence-electron chi connectivity index (χ1n) is 13.9. The first-order valence-corrected chi connectivity index (χ1v) is 14.7. The van der Waals surface area contributed by atoms with Crippen LogP contribution in [-0.4, -0.2) is 76.4 Å². The van der Waals surface area contributed by atoms with Gasteiger partial charge in [-0.3, -0.25) is 14.9 Å². The van der Waals surface area contributed by atoms with E-state index < -0.39 is 23.3 Å². The Bertz CT molecular complexity index is 802. The largest absolute Gasteiger partial charge is 0.391 e. The highest BCUT2D eigenvalue weighted by Gasteiger charge is 2.56. The summed E-state index contributed by atoms with van der Waals surface area (Å²) in [5.74, 6) is 0.177. The summed E-state index contributed by atoms with van der Waals surface area (Å²) in [6, 6.07) is 0. The fourth-order valence-corrected chi connectivity index (χ4v) is 7.62. The maximum Gasteiger partial charge on any atom is 0.250 e. The molecule has 6 fully saturated rings. The van der Waals surface area contributed by atoms with Gasteiger partial charge in [0.25, 0.3) is 5.91 Å². The molecule has 4 N–H and O–H groups in total. The molecule has 8 nitrogen and oxygen atoms in total. The second-order valence-corrected chi connectivity index (χ2v) is 12.9. The molecular weight excluding hydrogens is 505 g/mol. The van der Waals surface area contributed by atoms with E-state index in [4.69, 9.17) is 32.7 Å². The number of halogens is 2. The monoisotopic (exact) mass is 545 g/mol. The number of amides is 2. The number of aliphatic hydroxyl groups is 1. The highest BCUT2D eigenvalue weighted by Crippen LogP contribution is 2.47. The molecule has 204 valence electrons. The van der Waals surface area contributed by atoms with Gasteiger partial charge >= 0.3 is 0 Å². The van der Waals surface area contributed by atoms with Crippen LogP contribution in [0.2, 0.25) is 0 Å². The van der Waals surface area contributed by atoms with E-state index in [1.54, 1.807) is 0 Å². The molecule has 0 aromatic rings. The highest BCUT2D eigenvalue weighted by molar-refractivity contribution is 6.30. The number of fused-ring (bicyclic) bond motifs is 3. The summed E-state index contributed by atoms with van der Waals surface area (Å²) in [7, 11) is 0. The molecular formula is C26H41Cl2N3O5. The molecule has 1 saturated heterocycles. The summed E-state index contributed by atoms with van der Waals surface area (Å²) in [6.45, 7) is 0.481. The van der Waals surface area contributed by atoms with Crippen molar-refractivity contribution in [3.05, 3.63) is 0 Å². The number of ether oxygens (including phenoxy) is 2. The molecule has 0 radical (unpaired) electrons. The third-order valence-electron chi connectivity index (χ3n) is 9.38. The molecule has 6 aliphatic rings. The maximum atomic E-state index is 13.1. The topological polar surface area (TPSA) is 109 Å². The zero-order valence-electron chi connectivity index (χ0n) is 21.0. The van der Waals surface area contributed by atoms with Crippen LogP contribution in [-0.2, 0) is 19.1 Å². The Morgan fingerprint density at radius 1 is 1.00 bits per heavy atom. The lowest BCUT2D eigenvalue weighted by molar-refractivity contribution is -0.144. The maximum absolute atomic E-state index is 13.1. The minimum atomic E-state index is -0.722. The average Bonchev–Trinajstić information content (AvgIpc) is 3.37. The van der Waals surface area contributed by atoms with Crippen molar-refractivity contribution in [3.63, 3.8) is 0 Å². The van der Waals surface area contributed by atoms with Crippen molar-refractivity contribution < 1.29 is 24.2 Å². The highest BCUT2D eigenvalue weighted by atomic mass is 35.5. The van der Waals surface area contributed by atoms with Crippen LogP contribution in [0.25, 0.3) is 0 Å². The van der Waals surface area contributed by atoms with Gasteiger partial charge in [-0.05, 0) is 70.1 Å². The number of hydrogen-bond acceptors (Lipinski definition) is 6. The van der Waals surface area contributed by atoms with E-state index in [-0.39, 0.29) is 41.5 Å². The van der Waals surface area contributed by atoms with Crippen molar-refractivity contribution in [1.82, 2.24) is 16.0 Å². The van der Waals surface area contributed by atoms with Crippen LogP contribution < -0.4 is 16.0 Å². The summed E-state index contributed by atoms with van der Waals surface area (Å²) >= 11 is 12.4. The van der Waals surface area contributed by atoms with E-state index in [1.165, 1.54) is 19.3 Å². The lowest BCUT2D eigenvalue weighted by atomic mass is 9.60. The number of carbonyl (C=O) groups is 2. The van der Waals surface area contributed by atoms with Gasteiger partial charge in [0.15, 0.2) is 6.10 Å². The van der Waals surface area contributed by atoms with Crippen LogP contribution in [0.15, 0.2) is 0 Å². The SMILES string of the molecule is O=C(COC1CCC(Cl)C(Cl)C1)NC12CCC(NC(=O)C3CNC(C4CCCCC4)O3)(CC1)C[C@@H]2O. The Balaban J connectivity index is 1.08. The summed E-state index contributed by atoms with van der Waals surface area (Å²) in [5.41, 5.74) is -1.10. The van der Waals surface area contributed by atoms with Gasteiger partial charge in [-0.2, -0.15) is 0 Å². The molecule has 5 saturated carbocycles. The first kappa shape index (κ1) is 26.9. The predicted octanol–water partition coefficient (Wildman–Crippen LogP) is 2.71. The zero-order chi connectivity index (χ0) is 25.3. The molecule has 36 heavy (non-hydrogen) atoms. The van der Waals surface area contributed by atoms with E-state index in [1.807, 2.05) is 0 Å². The lowest BCUT2D eigenvalue weighted by Gasteiger charge is -2.56. The Labute approximate surface area is 223 Å². The normalized spacial score (nSPS) is 43.3. The second-order valence-electron chi connectivity index (χ2n) is 11.8. The van der Waals surface area contributed by atoms with E-state index >= 15 is 0 Å².